The lowest BCUT2D eigenvalue weighted by Gasteiger charge is -2.21. The number of nitrogens with one attached hydrogen (secondary N) is 1. The van der Waals surface area contributed by atoms with Gasteiger partial charge in [-0.3, -0.25) is 10.1 Å². The average molecular weight is 438 g/mol. The van der Waals surface area contributed by atoms with Gasteiger partial charge < -0.3 is 4.74 Å². The molecule has 1 fully saturated rings. The van der Waals surface area contributed by atoms with Crippen molar-refractivity contribution in [2.45, 2.75) is 22.1 Å². The average Bonchev–Trinajstić information content (AvgIpc) is 3.04. The summed E-state index contributed by atoms with van der Waals surface area (Å²) >= 11 is 6.77. The Bertz CT molecular complexity index is 811. The summed E-state index contributed by atoms with van der Waals surface area (Å²) < 4.78 is 7.03. The van der Waals surface area contributed by atoms with Gasteiger partial charge in [0.2, 0.25) is 0 Å². The third kappa shape index (κ3) is 6.07. The number of carbonyl (C=O) groups excluding carboxylic acids is 1. The van der Waals surface area contributed by atoms with Gasteiger partial charge >= 0.3 is 0 Å². The van der Waals surface area contributed by atoms with Crippen LogP contribution in [0.4, 0.5) is 5.13 Å². The number of nitriles is 1. The quantitative estimate of drug-likeness (QED) is 0.614. The van der Waals surface area contributed by atoms with Crippen LogP contribution in [0.15, 0.2) is 28.5 Å². The maximum Gasteiger partial charge on any atom is 0.264 e. The monoisotopic (exact) mass is 437 g/mol. The van der Waals surface area contributed by atoms with Crippen LogP contribution in [0.3, 0.4) is 0 Å². The van der Waals surface area contributed by atoms with Gasteiger partial charge in [0.05, 0.1) is 26.3 Å². The summed E-state index contributed by atoms with van der Waals surface area (Å²) in [6.45, 7) is 1.80. The standard InChI is InChI=1S/C18H19N3O2S4/c1-12-16(26-10-7-19)27-18(20-12)21-15(22)11-23-14-5-3-13(4-6-14)17-24-8-2-9-25-17/h3-6,17H,2,8-11H2,1H3,(H,20,21,22). The van der Waals surface area contributed by atoms with E-state index in [2.05, 4.69) is 28.5 Å². The van der Waals surface area contributed by atoms with Crippen LogP contribution >= 0.6 is 46.6 Å². The molecule has 3 rings (SSSR count). The number of aryl methyl sites for hydroxylation is 1. The number of hydrogen-bond donors (Lipinski definition) is 1. The van der Waals surface area contributed by atoms with E-state index in [9.17, 15) is 4.79 Å². The molecule has 1 amide bonds. The lowest BCUT2D eigenvalue weighted by molar-refractivity contribution is -0.118. The summed E-state index contributed by atoms with van der Waals surface area (Å²) in [4.78, 5) is 16.4. The number of amides is 1. The van der Waals surface area contributed by atoms with E-state index in [4.69, 9.17) is 10.00 Å². The van der Waals surface area contributed by atoms with Crippen LogP contribution in [-0.4, -0.2) is 34.8 Å². The SMILES string of the molecule is Cc1nc(NC(=O)COc2ccc(C3SCCCS3)cc2)sc1SCC#N. The van der Waals surface area contributed by atoms with Crippen LogP contribution in [0.5, 0.6) is 5.75 Å². The highest BCUT2D eigenvalue weighted by Crippen LogP contribution is 2.43. The van der Waals surface area contributed by atoms with E-state index in [1.807, 2.05) is 42.6 Å². The van der Waals surface area contributed by atoms with Gasteiger partial charge in [-0.15, -0.1) is 23.5 Å². The normalized spacial score (nSPS) is 14.5. The van der Waals surface area contributed by atoms with Crippen LogP contribution in [-0.2, 0) is 4.79 Å². The van der Waals surface area contributed by atoms with Crippen molar-refractivity contribution >= 4 is 57.7 Å². The molecule has 1 N–H and O–H groups in total. The Hall–Kier alpha value is -1.34. The lowest BCUT2D eigenvalue weighted by atomic mass is 10.2. The molecule has 2 aromatic rings. The highest BCUT2D eigenvalue weighted by atomic mass is 32.2. The van der Waals surface area contributed by atoms with Crippen molar-refractivity contribution in [1.82, 2.24) is 4.98 Å². The largest absolute Gasteiger partial charge is 0.484 e. The number of thiazole rings is 1. The van der Waals surface area contributed by atoms with E-state index in [0.29, 0.717) is 21.2 Å². The Morgan fingerprint density at radius 3 is 2.81 bits per heavy atom. The van der Waals surface area contributed by atoms with Gasteiger partial charge in [-0.1, -0.05) is 35.2 Å². The number of ether oxygens (including phenoxy) is 1. The molecule has 1 saturated heterocycles. The van der Waals surface area contributed by atoms with E-state index >= 15 is 0 Å². The minimum absolute atomic E-state index is 0.0639. The molecule has 1 aliphatic rings. The Morgan fingerprint density at radius 1 is 1.37 bits per heavy atom. The number of hydrogen-bond acceptors (Lipinski definition) is 8. The minimum atomic E-state index is -0.247. The zero-order valence-electron chi connectivity index (χ0n) is 14.8. The molecule has 0 aliphatic carbocycles. The predicted molar refractivity (Wildman–Crippen MR) is 116 cm³/mol. The highest BCUT2D eigenvalue weighted by Gasteiger charge is 2.16. The summed E-state index contributed by atoms with van der Waals surface area (Å²) in [5.41, 5.74) is 2.12. The van der Waals surface area contributed by atoms with Crippen LogP contribution in [0, 0.1) is 18.3 Å². The third-order valence-electron chi connectivity index (χ3n) is 3.62. The summed E-state index contributed by atoms with van der Waals surface area (Å²) in [6, 6.07) is 10.1. The molecule has 0 saturated carbocycles. The predicted octanol–water partition coefficient (Wildman–Crippen LogP) is 4.95. The van der Waals surface area contributed by atoms with E-state index in [1.54, 1.807) is 0 Å². The van der Waals surface area contributed by atoms with Gasteiger partial charge in [-0.05, 0) is 42.5 Å². The van der Waals surface area contributed by atoms with Crippen LogP contribution in [0.1, 0.15) is 22.3 Å². The van der Waals surface area contributed by atoms with Crippen molar-refractivity contribution < 1.29 is 9.53 Å². The van der Waals surface area contributed by atoms with Crippen molar-refractivity contribution in [3.63, 3.8) is 0 Å². The van der Waals surface area contributed by atoms with Crippen LogP contribution in [0.2, 0.25) is 0 Å². The maximum atomic E-state index is 12.1. The molecular weight excluding hydrogens is 418 g/mol. The van der Waals surface area contributed by atoms with Crippen molar-refractivity contribution in [2.75, 3.05) is 29.2 Å². The lowest BCUT2D eigenvalue weighted by Crippen LogP contribution is -2.20. The molecule has 27 heavy (non-hydrogen) atoms. The fourth-order valence-corrected chi connectivity index (χ4v) is 7.08. The Labute approximate surface area is 175 Å². The molecule has 1 aromatic heterocycles. The van der Waals surface area contributed by atoms with Gasteiger partial charge in [-0.25, -0.2) is 4.98 Å². The Balaban J connectivity index is 1.48. The molecule has 2 heterocycles. The Morgan fingerprint density at radius 2 is 2.11 bits per heavy atom. The van der Waals surface area contributed by atoms with E-state index in [1.165, 1.54) is 46.6 Å². The van der Waals surface area contributed by atoms with Crippen molar-refractivity contribution in [3.8, 4) is 11.8 Å². The van der Waals surface area contributed by atoms with Gasteiger partial charge in [0, 0.05) is 0 Å². The number of benzene rings is 1. The van der Waals surface area contributed by atoms with Crippen LogP contribution in [0.25, 0.3) is 0 Å². The smallest absolute Gasteiger partial charge is 0.264 e. The van der Waals surface area contributed by atoms with E-state index < -0.39 is 0 Å². The summed E-state index contributed by atoms with van der Waals surface area (Å²) in [6.07, 6.45) is 1.28. The zero-order chi connectivity index (χ0) is 19.1. The molecule has 0 spiro atoms. The molecule has 1 aliphatic heterocycles. The van der Waals surface area contributed by atoms with E-state index in [0.717, 1.165) is 9.90 Å². The molecule has 142 valence electrons. The van der Waals surface area contributed by atoms with Crippen molar-refractivity contribution in [2.24, 2.45) is 0 Å². The topological polar surface area (TPSA) is 75.0 Å². The number of nitrogens with zero attached hydrogens (tertiary/aromatic N) is 2. The number of rotatable bonds is 7. The second kappa shape index (κ2) is 10.3. The fraction of sp³-hybridized carbons (Fsp3) is 0.389. The summed E-state index contributed by atoms with van der Waals surface area (Å²) in [5.74, 6) is 3.22. The van der Waals surface area contributed by atoms with E-state index in [-0.39, 0.29) is 12.5 Å². The molecule has 0 bridgehead atoms. The molecule has 0 atom stereocenters. The molecule has 5 nitrogen and oxygen atoms in total. The van der Waals surface area contributed by atoms with Crippen molar-refractivity contribution in [1.29, 1.82) is 5.26 Å². The van der Waals surface area contributed by atoms with Gasteiger partial charge in [0.25, 0.3) is 5.91 Å². The molecule has 9 heteroatoms. The highest BCUT2D eigenvalue weighted by molar-refractivity contribution is 8.16. The molecule has 1 aromatic carbocycles. The van der Waals surface area contributed by atoms with Gasteiger partial charge in [0.1, 0.15) is 5.75 Å². The fourth-order valence-electron chi connectivity index (χ4n) is 2.37. The second-order valence-electron chi connectivity index (χ2n) is 5.67. The first-order valence-corrected chi connectivity index (χ1v) is 12.3. The second-order valence-corrected chi connectivity index (χ2v) is 10.6. The van der Waals surface area contributed by atoms with Crippen LogP contribution < -0.4 is 10.1 Å². The third-order valence-corrected chi connectivity index (χ3v) is 8.93. The molecule has 0 radical (unpaired) electrons. The Kier molecular flexibility index (Phi) is 7.76. The maximum absolute atomic E-state index is 12.1. The number of thioether (sulfide) groups is 3. The first-order valence-electron chi connectivity index (χ1n) is 8.38. The van der Waals surface area contributed by atoms with Crippen molar-refractivity contribution in [3.05, 3.63) is 35.5 Å². The summed E-state index contributed by atoms with van der Waals surface area (Å²) in [5, 5.41) is 11.9. The number of aromatic nitrogens is 1. The first kappa shape index (κ1) is 20.4. The van der Waals surface area contributed by atoms with Gasteiger partial charge in [-0.2, -0.15) is 5.26 Å². The molecule has 0 unspecified atom stereocenters. The molecular formula is C18H19N3O2S4. The van der Waals surface area contributed by atoms with Gasteiger partial charge in [0.15, 0.2) is 11.7 Å². The minimum Gasteiger partial charge on any atom is -0.484 e. The number of carbonyl (C=O) groups is 1. The number of anilines is 1. The zero-order valence-corrected chi connectivity index (χ0v) is 18.0. The summed E-state index contributed by atoms with van der Waals surface area (Å²) in [7, 11) is 0. The first-order chi connectivity index (χ1) is 13.2.